The van der Waals surface area contributed by atoms with E-state index in [1.807, 2.05) is 29.2 Å². The Morgan fingerprint density at radius 2 is 2.18 bits per heavy atom. The van der Waals surface area contributed by atoms with Crippen molar-refractivity contribution in [3.05, 3.63) is 64.4 Å². The van der Waals surface area contributed by atoms with Gasteiger partial charge in [-0.3, -0.25) is 9.69 Å². The van der Waals surface area contributed by atoms with Crippen molar-refractivity contribution in [2.75, 3.05) is 32.8 Å². The molecule has 0 fully saturated rings. The van der Waals surface area contributed by atoms with Crippen LogP contribution in [0.4, 0.5) is 0 Å². The van der Waals surface area contributed by atoms with Crippen LogP contribution in [0.5, 0.6) is 5.75 Å². The molecule has 0 aliphatic carbocycles. The lowest BCUT2D eigenvalue weighted by molar-refractivity contribution is -0.136. The van der Waals surface area contributed by atoms with Crippen LogP contribution in [-0.2, 0) is 11.2 Å². The third-order valence-electron chi connectivity index (χ3n) is 6.37. The Morgan fingerprint density at radius 3 is 2.91 bits per heavy atom. The summed E-state index contributed by atoms with van der Waals surface area (Å²) in [6.07, 6.45) is 4.70. The molecule has 34 heavy (non-hydrogen) atoms. The number of hydrogen-bond acceptors (Lipinski definition) is 5. The number of aliphatic hydroxyl groups is 1. The molecule has 2 heterocycles. The summed E-state index contributed by atoms with van der Waals surface area (Å²) in [4.78, 5) is 19.0. The molecule has 0 radical (unpaired) electrons. The molecule has 0 saturated carbocycles. The molecule has 1 aliphatic rings. The number of hydrogen-bond donors (Lipinski definition) is 1. The summed E-state index contributed by atoms with van der Waals surface area (Å²) in [5.74, 6) is 1.48. The maximum atomic E-state index is 13.6. The van der Waals surface area contributed by atoms with Crippen molar-refractivity contribution >= 4 is 17.2 Å². The van der Waals surface area contributed by atoms with E-state index >= 15 is 0 Å². The Bertz CT molecular complexity index is 926. The van der Waals surface area contributed by atoms with Crippen LogP contribution in [-0.4, -0.2) is 59.7 Å². The molecule has 1 aromatic carbocycles. The molecule has 1 N–H and O–H groups in total. The van der Waals surface area contributed by atoms with Gasteiger partial charge in [-0.2, -0.15) is 0 Å². The lowest BCUT2D eigenvalue weighted by Crippen LogP contribution is -2.48. The first-order valence-electron chi connectivity index (χ1n) is 12.4. The predicted molar refractivity (Wildman–Crippen MR) is 140 cm³/mol. The Balaban J connectivity index is 1.71. The van der Waals surface area contributed by atoms with Gasteiger partial charge in [0.2, 0.25) is 5.91 Å². The number of allylic oxidation sites excluding steroid dienone is 1. The van der Waals surface area contributed by atoms with Gasteiger partial charge in [0.1, 0.15) is 12.4 Å². The van der Waals surface area contributed by atoms with Gasteiger partial charge in [0.15, 0.2) is 0 Å². The lowest BCUT2D eigenvalue weighted by atomic mass is 10.00. The fourth-order valence-electron chi connectivity index (χ4n) is 4.41. The SMILES string of the molecule is C=CCCC(O)CN(CCC(C)C)CC(=O)N1CCc2sccc2C1COc1cccc(C)c1. The van der Waals surface area contributed by atoms with Crippen LogP contribution in [0.1, 0.15) is 55.2 Å². The van der Waals surface area contributed by atoms with E-state index in [0.29, 0.717) is 38.6 Å². The van der Waals surface area contributed by atoms with Crippen LogP contribution in [0.25, 0.3) is 0 Å². The molecule has 0 bridgehead atoms. The van der Waals surface area contributed by atoms with Crippen LogP contribution in [0, 0.1) is 12.8 Å². The number of carbonyl (C=O) groups excluding carboxylic acids is 1. The topological polar surface area (TPSA) is 53.0 Å². The van der Waals surface area contributed by atoms with Gasteiger partial charge < -0.3 is 14.7 Å². The highest BCUT2D eigenvalue weighted by atomic mass is 32.1. The fourth-order valence-corrected chi connectivity index (χ4v) is 5.34. The molecule has 1 aromatic heterocycles. The maximum absolute atomic E-state index is 13.6. The van der Waals surface area contributed by atoms with Gasteiger partial charge in [-0.25, -0.2) is 0 Å². The molecule has 0 spiro atoms. The van der Waals surface area contributed by atoms with E-state index in [2.05, 4.69) is 49.8 Å². The number of benzene rings is 1. The highest BCUT2D eigenvalue weighted by Gasteiger charge is 2.33. The molecular weight excluding hydrogens is 444 g/mol. The van der Waals surface area contributed by atoms with E-state index in [1.165, 1.54) is 10.4 Å². The maximum Gasteiger partial charge on any atom is 0.237 e. The molecule has 1 aliphatic heterocycles. The second-order valence-corrected chi connectivity index (χ2v) is 10.7. The van der Waals surface area contributed by atoms with Crippen molar-refractivity contribution in [3.8, 4) is 5.75 Å². The zero-order chi connectivity index (χ0) is 24.5. The average molecular weight is 485 g/mol. The second-order valence-electron chi connectivity index (χ2n) is 9.72. The molecule has 3 rings (SSSR count). The number of nitrogens with zero attached hydrogens (tertiary/aromatic N) is 2. The molecule has 186 valence electrons. The lowest BCUT2D eigenvalue weighted by Gasteiger charge is -2.37. The van der Waals surface area contributed by atoms with Gasteiger partial charge in [0, 0.05) is 18.0 Å². The quantitative estimate of drug-likeness (QED) is 0.395. The van der Waals surface area contributed by atoms with Crippen molar-refractivity contribution in [1.82, 2.24) is 9.80 Å². The summed E-state index contributed by atoms with van der Waals surface area (Å²) in [5.41, 5.74) is 2.36. The summed E-state index contributed by atoms with van der Waals surface area (Å²) in [5, 5.41) is 12.6. The molecule has 2 aromatic rings. The van der Waals surface area contributed by atoms with E-state index in [4.69, 9.17) is 4.74 Å². The number of rotatable bonds is 13. The molecule has 2 unspecified atom stereocenters. The average Bonchev–Trinajstić information content (AvgIpc) is 3.28. The van der Waals surface area contributed by atoms with E-state index in [-0.39, 0.29) is 11.9 Å². The van der Waals surface area contributed by atoms with E-state index in [9.17, 15) is 9.90 Å². The minimum Gasteiger partial charge on any atom is -0.491 e. The number of fused-ring (bicyclic) bond motifs is 1. The third kappa shape index (κ3) is 7.69. The van der Waals surface area contributed by atoms with Crippen LogP contribution >= 0.6 is 11.3 Å². The molecule has 5 nitrogen and oxygen atoms in total. The first kappa shape index (κ1) is 26.5. The largest absolute Gasteiger partial charge is 0.491 e. The molecule has 6 heteroatoms. The van der Waals surface area contributed by atoms with E-state index < -0.39 is 6.10 Å². The number of ether oxygens (including phenoxy) is 1. The summed E-state index contributed by atoms with van der Waals surface area (Å²) in [7, 11) is 0. The third-order valence-corrected chi connectivity index (χ3v) is 7.36. The van der Waals surface area contributed by atoms with Crippen molar-refractivity contribution < 1.29 is 14.6 Å². The first-order valence-corrected chi connectivity index (χ1v) is 13.3. The summed E-state index contributed by atoms with van der Waals surface area (Å²) < 4.78 is 6.17. The molecule has 2 atom stereocenters. The van der Waals surface area contributed by atoms with Crippen LogP contribution in [0.2, 0.25) is 0 Å². The van der Waals surface area contributed by atoms with E-state index in [1.54, 1.807) is 11.3 Å². The number of amides is 1. The molecular formula is C28H40N2O3S. The smallest absolute Gasteiger partial charge is 0.237 e. The Hall–Kier alpha value is -2.15. The first-order chi connectivity index (χ1) is 16.4. The van der Waals surface area contributed by atoms with Gasteiger partial charge >= 0.3 is 0 Å². The fraction of sp³-hybridized carbons (Fsp3) is 0.536. The molecule has 1 amide bonds. The van der Waals surface area contributed by atoms with Crippen LogP contribution in [0.15, 0.2) is 48.4 Å². The van der Waals surface area contributed by atoms with Crippen molar-refractivity contribution in [3.63, 3.8) is 0 Å². The van der Waals surface area contributed by atoms with Gasteiger partial charge in [-0.1, -0.05) is 32.1 Å². The number of thiophene rings is 1. The van der Waals surface area contributed by atoms with Gasteiger partial charge in [0.25, 0.3) is 0 Å². The van der Waals surface area contributed by atoms with E-state index in [0.717, 1.165) is 37.1 Å². The summed E-state index contributed by atoms with van der Waals surface area (Å²) in [6.45, 7) is 12.9. The Kier molecular flexibility index (Phi) is 10.2. The van der Waals surface area contributed by atoms with Gasteiger partial charge in [0.05, 0.1) is 18.7 Å². The number of aryl methyl sites for hydroxylation is 1. The second kappa shape index (κ2) is 13.1. The number of aliphatic hydroxyl groups excluding tert-OH is 1. The highest BCUT2D eigenvalue weighted by molar-refractivity contribution is 7.10. The zero-order valence-electron chi connectivity index (χ0n) is 20.9. The summed E-state index contributed by atoms with van der Waals surface area (Å²) in [6, 6.07) is 10.1. The van der Waals surface area contributed by atoms with Crippen LogP contribution in [0.3, 0.4) is 0 Å². The minimum atomic E-state index is -0.455. The number of carbonyl (C=O) groups is 1. The summed E-state index contributed by atoms with van der Waals surface area (Å²) >= 11 is 1.76. The standard InChI is InChI=1S/C28H40N2O3S/c1-5-6-9-23(31)18-29(14-11-21(2)3)19-28(32)30-15-12-27-25(13-16-34-27)26(30)20-33-24-10-7-8-22(4)17-24/h5,7-8,10,13,16-17,21,23,26,31H,1,6,9,11-12,14-15,18-20H2,2-4H3. The van der Waals surface area contributed by atoms with Crippen LogP contribution < -0.4 is 4.74 Å². The minimum absolute atomic E-state index is 0.0966. The zero-order valence-corrected chi connectivity index (χ0v) is 21.7. The highest BCUT2D eigenvalue weighted by Crippen LogP contribution is 2.34. The van der Waals surface area contributed by atoms with Crippen molar-refractivity contribution in [1.29, 1.82) is 0 Å². The Labute approximate surface area is 209 Å². The normalized spacial score (nSPS) is 16.5. The van der Waals surface area contributed by atoms with Gasteiger partial charge in [-0.05, 0) is 79.8 Å². The van der Waals surface area contributed by atoms with Gasteiger partial charge in [-0.15, -0.1) is 17.9 Å². The van der Waals surface area contributed by atoms with Crippen molar-refractivity contribution in [2.45, 2.75) is 58.6 Å². The predicted octanol–water partition coefficient (Wildman–Crippen LogP) is 5.24. The monoisotopic (exact) mass is 484 g/mol. The Morgan fingerprint density at radius 1 is 1.35 bits per heavy atom. The van der Waals surface area contributed by atoms with Crippen molar-refractivity contribution in [2.24, 2.45) is 5.92 Å². The molecule has 0 saturated heterocycles.